The van der Waals surface area contributed by atoms with Crippen molar-refractivity contribution in [1.29, 1.82) is 0 Å². The highest BCUT2D eigenvalue weighted by molar-refractivity contribution is 7.10. The molecule has 1 aliphatic rings. The van der Waals surface area contributed by atoms with Crippen LogP contribution in [0.5, 0.6) is 0 Å². The molecule has 1 unspecified atom stereocenters. The SMILES string of the molecule is Cc1csc(CCNC2CCCc3sccc32)n1. The molecule has 0 bridgehead atoms. The fourth-order valence-corrected chi connectivity index (χ4v) is 4.33. The van der Waals surface area contributed by atoms with E-state index in [4.69, 9.17) is 0 Å². The Morgan fingerprint density at radius 2 is 2.39 bits per heavy atom. The van der Waals surface area contributed by atoms with Crippen molar-refractivity contribution in [3.05, 3.63) is 38.0 Å². The van der Waals surface area contributed by atoms with Gasteiger partial charge in [0.05, 0.1) is 5.01 Å². The third kappa shape index (κ3) is 2.66. The van der Waals surface area contributed by atoms with Crippen LogP contribution in [0.4, 0.5) is 0 Å². The average molecular weight is 278 g/mol. The van der Waals surface area contributed by atoms with Crippen LogP contribution in [-0.4, -0.2) is 11.5 Å². The highest BCUT2D eigenvalue weighted by Crippen LogP contribution is 2.33. The highest BCUT2D eigenvalue weighted by atomic mass is 32.1. The zero-order valence-electron chi connectivity index (χ0n) is 10.6. The van der Waals surface area contributed by atoms with Crippen molar-refractivity contribution in [1.82, 2.24) is 10.3 Å². The van der Waals surface area contributed by atoms with E-state index in [-0.39, 0.29) is 0 Å². The number of fused-ring (bicyclic) bond motifs is 1. The lowest BCUT2D eigenvalue weighted by Gasteiger charge is -2.23. The lowest BCUT2D eigenvalue weighted by atomic mass is 9.94. The first-order valence-electron chi connectivity index (χ1n) is 6.53. The Kier molecular flexibility index (Phi) is 3.77. The van der Waals surface area contributed by atoms with Gasteiger partial charge in [0, 0.05) is 35.0 Å². The molecule has 0 saturated carbocycles. The maximum Gasteiger partial charge on any atom is 0.0940 e. The number of thiophene rings is 1. The van der Waals surface area contributed by atoms with Crippen LogP contribution in [0.3, 0.4) is 0 Å². The maximum absolute atomic E-state index is 4.51. The van der Waals surface area contributed by atoms with Crippen molar-refractivity contribution in [2.24, 2.45) is 0 Å². The van der Waals surface area contributed by atoms with Crippen LogP contribution in [0.25, 0.3) is 0 Å². The first kappa shape index (κ1) is 12.3. The lowest BCUT2D eigenvalue weighted by Crippen LogP contribution is -2.26. The van der Waals surface area contributed by atoms with Crippen molar-refractivity contribution in [2.45, 2.75) is 38.6 Å². The van der Waals surface area contributed by atoms with Crippen LogP contribution >= 0.6 is 22.7 Å². The monoisotopic (exact) mass is 278 g/mol. The molecular weight excluding hydrogens is 260 g/mol. The molecule has 0 aliphatic heterocycles. The fraction of sp³-hybridized carbons (Fsp3) is 0.500. The molecule has 2 aromatic heterocycles. The minimum atomic E-state index is 0.570. The standard InChI is InChI=1S/C14H18N2S2/c1-10-9-18-14(16-10)5-7-15-12-3-2-4-13-11(12)6-8-17-13/h6,8-9,12,15H,2-5,7H2,1H3. The van der Waals surface area contributed by atoms with Crippen LogP contribution in [0.2, 0.25) is 0 Å². The van der Waals surface area contributed by atoms with E-state index in [1.165, 1.54) is 24.3 Å². The van der Waals surface area contributed by atoms with Gasteiger partial charge in [-0.1, -0.05) is 0 Å². The molecule has 2 aromatic rings. The van der Waals surface area contributed by atoms with Crippen LogP contribution in [0.1, 0.15) is 40.0 Å². The topological polar surface area (TPSA) is 24.9 Å². The fourth-order valence-electron chi connectivity index (χ4n) is 2.57. The van der Waals surface area contributed by atoms with Gasteiger partial charge in [-0.05, 0) is 43.2 Å². The summed E-state index contributed by atoms with van der Waals surface area (Å²) >= 11 is 3.69. The van der Waals surface area contributed by atoms with Gasteiger partial charge in [-0.3, -0.25) is 0 Å². The van der Waals surface area contributed by atoms with E-state index in [9.17, 15) is 0 Å². The maximum atomic E-state index is 4.51. The highest BCUT2D eigenvalue weighted by Gasteiger charge is 2.20. The minimum Gasteiger partial charge on any atom is -0.309 e. The number of aromatic nitrogens is 1. The van der Waals surface area contributed by atoms with E-state index >= 15 is 0 Å². The van der Waals surface area contributed by atoms with Crippen molar-refractivity contribution < 1.29 is 0 Å². The molecule has 1 aliphatic carbocycles. The summed E-state index contributed by atoms with van der Waals surface area (Å²) in [6.07, 6.45) is 4.92. The minimum absolute atomic E-state index is 0.570. The van der Waals surface area contributed by atoms with Gasteiger partial charge in [0.2, 0.25) is 0 Å². The van der Waals surface area contributed by atoms with Crippen molar-refractivity contribution >= 4 is 22.7 Å². The molecule has 2 heterocycles. The lowest BCUT2D eigenvalue weighted by molar-refractivity contribution is 0.467. The zero-order valence-corrected chi connectivity index (χ0v) is 12.2. The Bertz CT molecular complexity index is 515. The number of nitrogens with one attached hydrogen (secondary N) is 1. The average Bonchev–Trinajstić information content (AvgIpc) is 2.98. The van der Waals surface area contributed by atoms with Gasteiger partial charge in [-0.15, -0.1) is 22.7 Å². The summed E-state index contributed by atoms with van der Waals surface area (Å²) in [5, 5.41) is 9.31. The first-order chi connectivity index (χ1) is 8.83. The number of thiazole rings is 1. The van der Waals surface area contributed by atoms with E-state index in [1.807, 2.05) is 11.3 Å². The molecule has 0 saturated heterocycles. The number of aryl methyl sites for hydroxylation is 2. The number of hydrogen-bond donors (Lipinski definition) is 1. The Balaban J connectivity index is 1.55. The molecule has 0 radical (unpaired) electrons. The largest absolute Gasteiger partial charge is 0.309 e. The normalized spacial score (nSPS) is 18.8. The van der Waals surface area contributed by atoms with Crippen LogP contribution in [0, 0.1) is 6.92 Å². The van der Waals surface area contributed by atoms with Gasteiger partial charge >= 0.3 is 0 Å². The van der Waals surface area contributed by atoms with Crippen LogP contribution in [-0.2, 0) is 12.8 Å². The van der Waals surface area contributed by atoms with Gasteiger partial charge in [-0.2, -0.15) is 0 Å². The smallest absolute Gasteiger partial charge is 0.0940 e. The third-order valence-corrected chi connectivity index (χ3v) is 5.47. The molecule has 0 fully saturated rings. The summed E-state index contributed by atoms with van der Waals surface area (Å²) in [6, 6.07) is 2.87. The Labute approximate surface area is 116 Å². The Hall–Kier alpha value is -0.710. The van der Waals surface area contributed by atoms with Gasteiger partial charge in [0.25, 0.3) is 0 Å². The van der Waals surface area contributed by atoms with Gasteiger partial charge < -0.3 is 5.32 Å². The molecule has 1 N–H and O–H groups in total. The zero-order chi connectivity index (χ0) is 12.4. The van der Waals surface area contributed by atoms with E-state index in [1.54, 1.807) is 21.8 Å². The van der Waals surface area contributed by atoms with Crippen molar-refractivity contribution in [2.75, 3.05) is 6.54 Å². The number of hydrogen-bond acceptors (Lipinski definition) is 4. The summed E-state index contributed by atoms with van der Waals surface area (Å²) in [4.78, 5) is 6.10. The molecule has 96 valence electrons. The van der Waals surface area contributed by atoms with Gasteiger partial charge in [0.1, 0.15) is 0 Å². The van der Waals surface area contributed by atoms with Crippen LogP contribution in [0.15, 0.2) is 16.8 Å². The predicted molar refractivity (Wildman–Crippen MR) is 78.6 cm³/mol. The summed E-state index contributed by atoms with van der Waals surface area (Å²) < 4.78 is 0. The molecule has 3 rings (SSSR count). The van der Waals surface area contributed by atoms with E-state index < -0.39 is 0 Å². The Morgan fingerprint density at radius 3 is 3.22 bits per heavy atom. The van der Waals surface area contributed by atoms with Gasteiger partial charge in [0.15, 0.2) is 0 Å². The molecular formula is C14H18N2S2. The Morgan fingerprint density at radius 1 is 1.44 bits per heavy atom. The molecule has 0 spiro atoms. The third-order valence-electron chi connectivity index (χ3n) is 3.45. The molecule has 18 heavy (non-hydrogen) atoms. The number of rotatable bonds is 4. The van der Waals surface area contributed by atoms with Crippen molar-refractivity contribution in [3.8, 4) is 0 Å². The summed E-state index contributed by atoms with van der Waals surface area (Å²) in [6.45, 7) is 3.10. The number of nitrogens with zero attached hydrogens (tertiary/aromatic N) is 1. The van der Waals surface area contributed by atoms with E-state index in [2.05, 4.69) is 34.1 Å². The van der Waals surface area contributed by atoms with Gasteiger partial charge in [-0.25, -0.2) is 4.98 Å². The second-order valence-corrected chi connectivity index (χ2v) is 6.77. The summed E-state index contributed by atoms with van der Waals surface area (Å²) in [7, 11) is 0. The quantitative estimate of drug-likeness (QED) is 0.922. The second-order valence-electron chi connectivity index (χ2n) is 4.83. The second kappa shape index (κ2) is 5.51. The first-order valence-corrected chi connectivity index (χ1v) is 8.29. The van der Waals surface area contributed by atoms with E-state index in [0.29, 0.717) is 6.04 Å². The molecule has 0 amide bonds. The summed E-state index contributed by atoms with van der Waals surface area (Å²) in [5.41, 5.74) is 2.69. The molecule has 0 aromatic carbocycles. The molecule has 1 atom stereocenters. The summed E-state index contributed by atoms with van der Waals surface area (Å²) in [5.74, 6) is 0. The molecule has 4 heteroatoms. The predicted octanol–water partition coefficient (Wildman–Crippen LogP) is 3.72. The molecule has 2 nitrogen and oxygen atoms in total. The van der Waals surface area contributed by atoms with Crippen molar-refractivity contribution in [3.63, 3.8) is 0 Å². The van der Waals surface area contributed by atoms with E-state index in [0.717, 1.165) is 18.7 Å². The van der Waals surface area contributed by atoms with Crippen LogP contribution < -0.4 is 5.32 Å².